The van der Waals surface area contributed by atoms with Crippen molar-refractivity contribution in [2.75, 3.05) is 13.2 Å². The lowest BCUT2D eigenvalue weighted by Crippen LogP contribution is -2.36. The molecule has 0 spiro atoms. The molecule has 0 radical (unpaired) electrons. The van der Waals surface area contributed by atoms with Gasteiger partial charge in [-0.1, -0.05) is 28.1 Å². The minimum atomic E-state index is -0.741. The predicted molar refractivity (Wildman–Crippen MR) is 68.1 cm³/mol. The monoisotopic (exact) mass is 298 g/mol. The second-order valence-electron chi connectivity index (χ2n) is 4.47. The summed E-state index contributed by atoms with van der Waals surface area (Å²) < 4.78 is 6.36. The van der Waals surface area contributed by atoms with E-state index in [1.54, 1.807) is 0 Å². The van der Waals surface area contributed by atoms with E-state index in [0.717, 1.165) is 22.9 Å². The zero-order valence-electron chi connectivity index (χ0n) is 9.49. The molecular weight excluding hydrogens is 284 g/mol. The first kappa shape index (κ1) is 12.6. The Bertz CT molecular complexity index is 394. The fraction of sp³-hybridized carbons (Fsp3) is 0.462. The Morgan fingerprint density at radius 3 is 2.41 bits per heavy atom. The van der Waals surface area contributed by atoms with Crippen LogP contribution in [-0.4, -0.2) is 24.3 Å². The number of hydrogen-bond donors (Lipinski definition) is 1. The Labute approximate surface area is 109 Å². The smallest absolute Gasteiger partial charge is 0.304 e. The molecule has 1 fully saturated rings. The lowest BCUT2D eigenvalue weighted by atomic mass is 9.72. The summed E-state index contributed by atoms with van der Waals surface area (Å²) in [5, 5.41) is 9.10. The molecule has 0 saturated carbocycles. The Morgan fingerprint density at radius 1 is 1.29 bits per heavy atom. The van der Waals surface area contributed by atoms with Gasteiger partial charge in [0, 0.05) is 23.1 Å². The first-order valence-electron chi connectivity index (χ1n) is 5.68. The Hall–Kier alpha value is -0.870. The summed E-state index contributed by atoms with van der Waals surface area (Å²) in [6.07, 6.45) is 1.74. The fourth-order valence-electron chi connectivity index (χ4n) is 2.42. The van der Waals surface area contributed by atoms with Crippen LogP contribution in [0.4, 0.5) is 0 Å². The van der Waals surface area contributed by atoms with Gasteiger partial charge in [-0.3, -0.25) is 4.79 Å². The van der Waals surface area contributed by atoms with Crippen LogP contribution in [0.15, 0.2) is 28.7 Å². The summed E-state index contributed by atoms with van der Waals surface area (Å²) in [5.41, 5.74) is 0.844. The van der Waals surface area contributed by atoms with E-state index in [2.05, 4.69) is 15.9 Å². The van der Waals surface area contributed by atoms with Gasteiger partial charge in [0.2, 0.25) is 0 Å². The molecule has 2 rings (SSSR count). The lowest BCUT2D eigenvalue weighted by molar-refractivity contribution is -0.139. The van der Waals surface area contributed by atoms with Gasteiger partial charge in [-0.2, -0.15) is 0 Å². The van der Waals surface area contributed by atoms with Gasteiger partial charge in [0.15, 0.2) is 0 Å². The third-order valence-electron chi connectivity index (χ3n) is 3.40. The largest absolute Gasteiger partial charge is 0.481 e. The molecule has 1 N–H and O–H groups in total. The van der Waals surface area contributed by atoms with Gasteiger partial charge in [-0.05, 0) is 30.5 Å². The molecule has 0 unspecified atom stereocenters. The van der Waals surface area contributed by atoms with Crippen molar-refractivity contribution in [1.82, 2.24) is 0 Å². The number of carboxylic acid groups (broad SMARTS) is 1. The van der Waals surface area contributed by atoms with Crippen LogP contribution in [0.5, 0.6) is 0 Å². The van der Waals surface area contributed by atoms with E-state index >= 15 is 0 Å². The van der Waals surface area contributed by atoms with Crippen molar-refractivity contribution in [3.05, 3.63) is 34.3 Å². The Balaban J connectivity index is 2.31. The number of carbonyl (C=O) groups is 1. The molecule has 1 saturated heterocycles. The second kappa shape index (κ2) is 5.19. The molecule has 4 heteroatoms. The van der Waals surface area contributed by atoms with E-state index in [-0.39, 0.29) is 11.8 Å². The summed E-state index contributed by atoms with van der Waals surface area (Å²) in [7, 11) is 0. The zero-order valence-corrected chi connectivity index (χ0v) is 11.1. The van der Waals surface area contributed by atoms with Crippen LogP contribution in [-0.2, 0) is 14.9 Å². The average molecular weight is 299 g/mol. The molecule has 0 aromatic heterocycles. The molecule has 1 aromatic rings. The van der Waals surface area contributed by atoms with Crippen molar-refractivity contribution < 1.29 is 14.6 Å². The van der Waals surface area contributed by atoms with E-state index < -0.39 is 5.97 Å². The summed E-state index contributed by atoms with van der Waals surface area (Å²) in [4.78, 5) is 11.1. The molecule has 1 aliphatic heterocycles. The molecule has 17 heavy (non-hydrogen) atoms. The van der Waals surface area contributed by atoms with E-state index in [0.29, 0.717) is 13.2 Å². The van der Waals surface area contributed by atoms with Gasteiger partial charge in [0.1, 0.15) is 0 Å². The third kappa shape index (κ3) is 2.87. The molecule has 3 nitrogen and oxygen atoms in total. The van der Waals surface area contributed by atoms with Gasteiger partial charge in [-0.15, -0.1) is 0 Å². The van der Waals surface area contributed by atoms with Crippen molar-refractivity contribution in [2.45, 2.75) is 24.7 Å². The summed E-state index contributed by atoms with van der Waals surface area (Å²) in [6, 6.07) is 7.96. The minimum Gasteiger partial charge on any atom is -0.481 e. The van der Waals surface area contributed by atoms with Crippen LogP contribution in [0.25, 0.3) is 0 Å². The van der Waals surface area contributed by atoms with Gasteiger partial charge in [-0.25, -0.2) is 0 Å². The summed E-state index contributed by atoms with van der Waals surface area (Å²) >= 11 is 3.40. The van der Waals surface area contributed by atoms with Crippen LogP contribution < -0.4 is 0 Å². The maximum atomic E-state index is 11.1. The SMILES string of the molecule is O=C(O)CC1(c2ccc(Br)cc2)CCOCC1. The van der Waals surface area contributed by atoms with E-state index in [1.165, 1.54) is 0 Å². The molecule has 1 aromatic carbocycles. The van der Waals surface area contributed by atoms with Crippen LogP contribution in [0, 0.1) is 0 Å². The van der Waals surface area contributed by atoms with Gasteiger partial charge >= 0.3 is 5.97 Å². The van der Waals surface area contributed by atoms with Crippen molar-refractivity contribution in [2.24, 2.45) is 0 Å². The quantitative estimate of drug-likeness (QED) is 0.933. The predicted octanol–water partition coefficient (Wildman–Crippen LogP) is 2.97. The number of aliphatic carboxylic acids is 1. The third-order valence-corrected chi connectivity index (χ3v) is 3.92. The molecular formula is C13H15BrO3. The highest BCUT2D eigenvalue weighted by molar-refractivity contribution is 9.10. The number of ether oxygens (including phenoxy) is 1. The maximum absolute atomic E-state index is 11.1. The van der Waals surface area contributed by atoms with Gasteiger partial charge < -0.3 is 9.84 Å². The second-order valence-corrected chi connectivity index (χ2v) is 5.39. The molecule has 92 valence electrons. The highest BCUT2D eigenvalue weighted by Crippen LogP contribution is 2.38. The lowest BCUT2D eigenvalue weighted by Gasteiger charge is -2.36. The summed E-state index contributed by atoms with van der Waals surface area (Å²) in [6.45, 7) is 1.28. The van der Waals surface area contributed by atoms with Gasteiger partial charge in [0.25, 0.3) is 0 Å². The number of rotatable bonds is 3. The van der Waals surface area contributed by atoms with Crippen LogP contribution in [0.2, 0.25) is 0 Å². The van der Waals surface area contributed by atoms with Gasteiger partial charge in [0.05, 0.1) is 6.42 Å². The molecule has 0 aliphatic carbocycles. The van der Waals surface area contributed by atoms with Crippen LogP contribution in [0.3, 0.4) is 0 Å². The summed E-state index contributed by atoms with van der Waals surface area (Å²) in [5.74, 6) is -0.741. The highest BCUT2D eigenvalue weighted by atomic mass is 79.9. The number of carboxylic acids is 1. The molecule has 1 heterocycles. The molecule has 0 bridgehead atoms. The topological polar surface area (TPSA) is 46.5 Å². The molecule has 0 atom stereocenters. The normalized spacial score (nSPS) is 18.9. The highest BCUT2D eigenvalue weighted by Gasteiger charge is 2.36. The number of hydrogen-bond acceptors (Lipinski definition) is 2. The van der Waals surface area contributed by atoms with Crippen molar-refractivity contribution in [3.8, 4) is 0 Å². The van der Waals surface area contributed by atoms with Crippen molar-refractivity contribution in [3.63, 3.8) is 0 Å². The fourth-order valence-corrected chi connectivity index (χ4v) is 2.69. The Morgan fingerprint density at radius 2 is 1.88 bits per heavy atom. The number of halogens is 1. The first-order chi connectivity index (χ1) is 8.12. The molecule has 0 amide bonds. The van der Waals surface area contributed by atoms with Crippen molar-refractivity contribution in [1.29, 1.82) is 0 Å². The van der Waals surface area contributed by atoms with Crippen molar-refractivity contribution >= 4 is 21.9 Å². The zero-order chi connectivity index (χ0) is 12.3. The molecule has 1 aliphatic rings. The van der Waals surface area contributed by atoms with E-state index in [4.69, 9.17) is 9.84 Å². The minimum absolute atomic E-state index is 0.179. The maximum Gasteiger partial charge on any atom is 0.304 e. The number of benzene rings is 1. The first-order valence-corrected chi connectivity index (χ1v) is 6.47. The average Bonchev–Trinajstić information content (AvgIpc) is 2.30. The van der Waals surface area contributed by atoms with E-state index in [9.17, 15) is 4.79 Å². The Kier molecular flexibility index (Phi) is 3.84. The van der Waals surface area contributed by atoms with Crippen LogP contribution >= 0.6 is 15.9 Å². The standard InChI is InChI=1S/C13H15BrO3/c14-11-3-1-10(2-4-11)13(9-12(15)16)5-7-17-8-6-13/h1-4H,5-9H2,(H,15,16). The van der Waals surface area contributed by atoms with Crippen LogP contribution in [0.1, 0.15) is 24.8 Å². The van der Waals surface area contributed by atoms with E-state index in [1.807, 2.05) is 24.3 Å².